The minimum absolute atomic E-state index is 0.0253. The Morgan fingerprint density at radius 2 is 1.81 bits per heavy atom. The van der Waals surface area contributed by atoms with Crippen LogP contribution in [0.25, 0.3) is 22.2 Å². The lowest BCUT2D eigenvalue weighted by atomic mass is 10.1. The number of aromatic nitrogens is 3. The number of carbonyl (C=O) groups excluding carboxylic acids is 1. The number of hydrogen-bond acceptors (Lipinski definition) is 4. The van der Waals surface area contributed by atoms with E-state index in [1.54, 1.807) is 11.8 Å². The maximum atomic E-state index is 12.5. The van der Waals surface area contributed by atoms with Gasteiger partial charge in [-0.15, -0.1) is 0 Å². The zero-order chi connectivity index (χ0) is 22.5. The van der Waals surface area contributed by atoms with Crippen molar-refractivity contribution in [2.75, 3.05) is 5.32 Å². The number of nitrogens with zero attached hydrogens (tertiary/aromatic N) is 1. The van der Waals surface area contributed by atoms with Crippen LogP contribution in [0.5, 0.6) is 0 Å². The minimum Gasteiger partial charge on any atom is -0.326 e. The molecule has 0 fully saturated rings. The summed E-state index contributed by atoms with van der Waals surface area (Å²) in [5.74, 6) is 0.0253. The van der Waals surface area contributed by atoms with E-state index in [9.17, 15) is 9.59 Å². The van der Waals surface area contributed by atoms with Crippen LogP contribution in [-0.4, -0.2) is 21.1 Å². The molecule has 7 heteroatoms. The third kappa shape index (κ3) is 4.78. The van der Waals surface area contributed by atoms with E-state index >= 15 is 0 Å². The largest absolute Gasteiger partial charge is 0.326 e. The number of aryl methyl sites for hydroxylation is 1. The predicted octanol–water partition coefficient (Wildman–Crippen LogP) is 5.76. The van der Waals surface area contributed by atoms with Crippen molar-refractivity contribution < 1.29 is 4.79 Å². The van der Waals surface area contributed by atoms with E-state index in [0.29, 0.717) is 17.7 Å². The second kappa shape index (κ2) is 9.87. The molecule has 0 radical (unpaired) electrons. The lowest BCUT2D eigenvalue weighted by molar-refractivity contribution is -0.116. The molecule has 2 aromatic carbocycles. The third-order valence-electron chi connectivity index (χ3n) is 5.13. The van der Waals surface area contributed by atoms with Crippen LogP contribution in [0.1, 0.15) is 38.8 Å². The van der Waals surface area contributed by atoms with E-state index in [1.165, 1.54) is 0 Å². The zero-order valence-corrected chi connectivity index (χ0v) is 19.0. The number of hydrogen-bond donors (Lipinski definition) is 3. The fraction of sp³-hybridized carbons (Fsp3) is 0.240. The van der Waals surface area contributed by atoms with Gasteiger partial charge in [-0.25, -0.2) is 4.98 Å². The average Bonchev–Trinajstić information content (AvgIpc) is 3.15. The summed E-state index contributed by atoms with van der Waals surface area (Å²) in [5, 5.41) is 9.66. The highest BCUT2D eigenvalue weighted by molar-refractivity contribution is 7.99. The van der Waals surface area contributed by atoms with Crippen LogP contribution in [0.3, 0.4) is 0 Å². The lowest BCUT2D eigenvalue weighted by Gasteiger charge is -2.10. The van der Waals surface area contributed by atoms with Crippen LogP contribution in [0.4, 0.5) is 5.69 Å². The summed E-state index contributed by atoms with van der Waals surface area (Å²) in [7, 11) is 0. The van der Waals surface area contributed by atoms with Gasteiger partial charge in [0.05, 0.1) is 16.8 Å². The van der Waals surface area contributed by atoms with Gasteiger partial charge >= 0.3 is 0 Å². The molecule has 0 atom stereocenters. The summed E-state index contributed by atoms with van der Waals surface area (Å²) < 4.78 is 0. The average molecular weight is 447 g/mol. The Morgan fingerprint density at radius 1 is 1.03 bits per heavy atom. The molecular weight excluding hydrogens is 420 g/mol. The molecular formula is C25H26N4O2S. The number of nitrogens with one attached hydrogen (secondary N) is 3. The first-order valence-corrected chi connectivity index (χ1v) is 11.7. The van der Waals surface area contributed by atoms with Crippen molar-refractivity contribution in [1.29, 1.82) is 0 Å². The Hall–Kier alpha value is -3.32. The molecule has 0 bridgehead atoms. The number of amides is 1. The van der Waals surface area contributed by atoms with Gasteiger partial charge in [0.25, 0.3) is 5.56 Å². The summed E-state index contributed by atoms with van der Waals surface area (Å²) >= 11 is 1.62. The Balaban J connectivity index is 1.69. The van der Waals surface area contributed by atoms with E-state index in [4.69, 9.17) is 4.98 Å². The fourth-order valence-corrected chi connectivity index (χ4v) is 4.62. The number of aromatic amines is 2. The van der Waals surface area contributed by atoms with Gasteiger partial charge in [-0.05, 0) is 49.2 Å². The Labute approximate surface area is 190 Å². The van der Waals surface area contributed by atoms with E-state index < -0.39 is 0 Å². The zero-order valence-electron chi connectivity index (χ0n) is 18.2. The monoisotopic (exact) mass is 446 g/mol. The third-order valence-corrected chi connectivity index (χ3v) is 6.20. The summed E-state index contributed by atoms with van der Waals surface area (Å²) in [6.45, 7) is 4.07. The van der Waals surface area contributed by atoms with E-state index in [2.05, 4.69) is 22.4 Å². The van der Waals surface area contributed by atoms with Gasteiger partial charge in [0, 0.05) is 33.0 Å². The van der Waals surface area contributed by atoms with Crippen LogP contribution in [0, 0.1) is 0 Å². The highest BCUT2D eigenvalue weighted by Gasteiger charge is 2.16. The summed E-state index contributed by atoms with van der Waals surface area (Å²) in [6, 6.07) is 17.8. The second-order valence-corrected chi connectivity index (χ2v) is 8.75. The quantitative estimate of drug-likeness (QED) is 0.321. The molecule has 4 rings (SSSR count). The second-order valence-electron chi connectivity index (χ2n) is 7.63. The van der Waals surface area contributed by atoms with Crippen molar-refractivity contribution in [1.82, 2.24) is 15.2 Å². The number of para-hydroxylation sites is 1. The molecule has 0 unspecified atom stereocenters. The van der Waals surface area contributed by atoms with Gasteiger partial charge in [-0.1, -0.05) is 50.2 Å². The molecule has 32 heavy (non-hydrogen) atoms. The first-order valence-electron chi connectivity index (χ1n) is 10.9. The number of fused-ring (bicyclic) bond motifs is 1. The highest BCUT2D eigenvalue weighted by Crippen LogP contribution is 2.36. The predicted molar refractivity (Wildman–Crippen MR) is 130 cm³/mol. The van der Waals surface area contributed by atoms with Crippen LogP contribution >= 0.6 is 11.8 Å². The maximum Gasteiger partial charge on any atom is 0.273 e. The smallest absolute Gasteiger partial charge is 0.273 e. The topological polar surface area (TPSA) is 90.6 Å². The summed E-state index contributed by atoms with van der Waals surface area (Å²) in [4.78, 5) is 31.2. The SMILES string of the molecule is CCCC(=O)Nc1ccc(Sc2cc(-c3c(CCC)[nH][nH]c3=O)nc3ccccc23)cc1. The van der Waals surface area contributed by atoms with Crippen molar-refractivity contribution in [3.63, 3.8) is 0 Å². The number of benzene rings is 2. The van der Waals surface area contributed by atoms with Crippen molar-refractivity contribution in [3.8, 4) is 11.3 Å². The molecule has 2 heterocycles. The molecule has 0 aliphatic carbocycles. The van der Waals surface area contributed by atoms with Crippen LogP contribution in [0.15, 0.2) is 69.2 Å². The lowest BCUT2D eigenvalue weighted by Crippen LogP contribution is -2.10. The molecule has 0 aliphatic rings. The number of H-pyrrole nitrogens is 2. The Morgan fingerprint density at radius 3 is 2.56 bits per heavy atom. The number of anilines is 1. The van der Waals surface area contributed by atoms with Gasteiger partial charge in [0.2, 0.25) is 5.91 Å². The molecule has 164 valence electrons. The highest BCUT2D eigenvalue weighted by atomic mass is 32.2. The van der Waals surface area contributed by atoms with Crippen LogP contribution in [0.2, 0.25) is 0 Å². The molecule has 3 N–H and O–H groups in total. The van der Waals surface area contributed by atoms with Gasteiger partial charge in [-0.2, -0.15) is 0 Å². The minimum atomic E-state index is -0.153. The fourth-order valence-electron chi connectivity index (χ4n) is 3.64. The molecule has 2 aromatic heterocycles. The molecule has 6 nitrogen and oxygen atoms in total. The van der Waals surface area contributed by atoms with Crippen molar-refractivity contribution in [2.24, 2.45) is 0 Å². The first kappa shape index (κ1) is 21.9. The number of rotatable bonds is 8. The molecule has 0 saturated carbocycles. The van der Waals surface area contributed by atoms with Gasteiger partial charge in [0.15, 0.2) is 0 Å². The number of carbonyl (C=O) groups is 1. The van der Waals surface area contributed by atoms with Gasteiger partial charge < -0.3 is 10.4 Å². The Bertz CT molecular complexity index is 1290. The van der Waals surface area contributed by atoms with Crippen LogP contribution < -0.4 is 10.9 Å². The molecule has 0 aliphatic heterocycles. The number of pyridine rings is 1. The summed E-state index contributed by atoms with van der Waals surface area (Å²) in [6.07, 6.45) is 3.04. The van der Waals surface area contributed by atoms with Crippen LogP contribution in [-0.2, 0) is 11.2 Å². The standard InChI is InChI=1S/C25H26N4O2S/c1-3-7-20-24(25(31)29-28-20)21-15-22(18-9-5-6-10-19(18)27-21)32-17-13-11-16(12-14-17)26-23(30)8-4-2/h5-6,9-15H,3-4,7-8H2,1-2H3,(H,26,30)(H2,28,29,31). The summed E-state index contributed by atoms with van der Waals surface area (Å²) in [5.41, 5.74) is 3.63. The van der Waals surface area contributed by atoms with Gasteiger partial charge in [0.1, 0.15) is 0 Å². The van der Waals surface area contributed by atoms with Crippen molar-refractivity contribution in [3.05, 3.63) is 70.6 Å². The van der Waals surface area contributed by atoms with E-state index in [0.717, 1.165) is 51.3 Å². The molecule has 4 aromatic rings. The van der Waals surface area contributed by atoms with E-state index in [-0.39, 0.29) is 11.5 Å². The Kier molecular flexibility index (Phi) is 6.75. The molecule has 1 amide bonds. The van der Waals surface area contributed by atoms with Crippen molar-refractivity contribution in [2.45, 2.75) is 49.3 Å². The molecule has 0 spiro atoms. The maximum absolute atomic E-state index is 12.5. The van der Waals surface area contributed by atoms with Gasteiger partial charge in [-0.3, -0.25) is 14.7 Å². The van der Waals surface area contributed by atoms with Crippen molar-refractivity contribution >= 4 is 34.3 Å². The first-order chi connectivity index (χ1) is 15.6. The van der Waals surface area contributed by atoms with E-state index in [1.807, 2.05) is 61.5 Å². The normalized spacial score (nSPS) is 11.1. The molecule has 0 saturated heterocycles.